The standard InChI is InChI=1S/C28H52O4/c1-4-5-6-7-8-9-10-11-12-13-14-15-16-19-22-31-27(29)25-20-17-18-21-26(25)28(30)32-23-24(2)3/h24-26H,4-23H2,1-3H3. The fourth-order valence-electron chi connectivity index (χ4n) is 4.63. The predicted molar refractivity (Wildman–Crippen MR) is 133 cm³/mol. The molecule has 1 rings (SSSR count). The maximum atomic E-state index is 12.6. The Balaban J connectivity index is 2.01. The number of esters is 2. The van der Waals surface area contributed by atoms with Gasteiger partial charge in [-0.3, -0.25) is 9.59 Å². The summed E-state index contributed by atoms with van der Waals surface area (Å²) in [5, 5.41) is 0. The molecule has 1 aliphatic rings. The lowest BCUT2D eigenvalue weighted by molar-refractivity contribution is -0.163. The van der Waals surface area contributed by atoms with Crippen LogP contribution < -0.4 is 0 Å². The number of ether oxygens (including phenoxy) is 2. The molecule has 188 valence electrons. The van der Waals surface area contributed by atoms with E-state index in [-0.39, 0.29) is 23.8 Å². The maximum absolute atomic E-state index is 12.6. The summed E-state index contributed by atoms with van der Waals surface area (Å²) in [6.07, 6.45) is 21.9. The summed E-state index contributed by atoms with van der Waals surface area (Å²) in [4.78, 5) is 25.0. The van der Waals surface area contributed by atoms with E-state index in [9.17, 15) is 9.59 Å². The van der Waals surface area contributed by atoms with Crippen LogP contribution in [0.4, 0.5) is 0 Å². The average molecular weight is 453 g/mol. The van der Waals surface area contributed by atoms with Gasteiger partial charge in [-0.05, 0) is 25.2 Å². The van der Waals surface area contributed by atoms with Crippen LogP contribution in [0, 0.1) is 17.8 Å². The highest BCUT2D eigenvalue weighted by Crippen LogP contribution is 2.32. The topological polar surface area (TPSA) is 52.6 Å². The van der Waals surface area contributed by atoms with Gasteiger partial charge in [-0.2, -0.15) is 0 Å². The minimum Gasteiger partial charge on any atom is -0.465 e. The van der Waals surface area contributed by atoms with Crippen molar-refractivity contribution in [3.63, 3.8) is 0 Å². The van der Waals surface area contributed by atoms with E-state index in [2.05, 4.69) is 6.92 Å². The zero-order valence-corrected chi connectivity index (χ0v) is 21.5. The van der Waals surface area contributed by atoms with Crippen LogP contribution in [0.1, 0.15) is 136 Å². The summed E-state index contributed by atoms with van der Waals surface area (Å²) in [5.41, 5.74) is 0. The highest BCUT2D eigenvalue weighted by atomic mass is 16.5. The van der Waals surface area contributed by atoms with Crippen LogP contribution in [0.2, 0.25) is 0 Å². The monoisotopic (exact) mass is 452 g/mol. The molecule has 0 aromatic rings. The molecule has 1 saturated carbocycles. The highest BCUT2D eigenvalue weighted by molar-refractivity contribution is 5.82. The van der Waals surface area contributed by atoms with Crippen LogP contribution >= 0.6 is 0 Å². The summed E-state index contributed by atoms with van der Waals surface area (Å²) < 4.78 is 11.0. The third-order valence-electron chi connectivity index (χ3n) is 6.67. The van der Waals surface area contributed by atoms with E-state index in [0.29, 0.717) is 19.1 Å². The second-order valence-corrected chi connectivity index (χ2v) is 10.3. The van der Waals surface area contributed by atoms with Gasteiger partial charge in [0.1, 0.15) is 0 Å². The molecule has 0 saturated heterocycles. The molecule has 0 N–H and O–H groups in total. The lowest BCUT2D eigenvalue weighted by atomic mass is 9.79. The molecule has 2 atom stereocenters. The Morgan fingerprint density at radius 1 is 0.656 bits per heavy atom. The molecule has 0 aromatic heterocycles. The third kappa shape index (κ3) is 14.2. The molecule has 1 fully saturated rings. The molecular formula is C28H52O4. The van der Waals surface area contributed by atoms with E-state index in [1.807, 2.05) is 13.8 Å². The molecule has 4 heteroatoms. The van der Waals surface area contributed by atoms with Gasteiger partial charge in [0, 0.05) is 0 Å². The summed E-state index contributed by atoms with van der Waals surface area (Å²) in [5.74, 6) is -0.711. The number of hydrogen-bond donors (Lipinski definition) is 0. The largest absolute Gasteiger partial charge is 0.465 e. The van der Waals surface area contributed by atoms with Crippen molar-refractivity contribution in [1.82, 2.24) is 0 Å². The van der Waals surface area contributed by atoms with Crippen molar-refractivity contribution < 1.29 is 19.1 Å². The molecule has 0 aliphatic heterocycles. The summed E-state index contributed by atoms with van der Waals surface area (Å²) in [6.45, 7) is 7.23. The molecule has 0 amide bonds. The van der Waals surface area contributed by atoms with Gasteiger partial charge < -0.3 is 9.47 Å². The Morgan fingerprint density at radius 3 is 1.50 bits per heavy atom. The van der Waals surface area contributed by atoms with Gasteiger partial charge in [-0.1, -0.05) is 117 Å². The second-order valence-electron chi connectivity index (χ2n) is 10.3. The molecule has 0 bridgehead atoms. The van der Waals surface area contributed by atoms with Gasteiger partial charge in [0.25, 0.3) is 0 Å². The van der Waals surface area contributed by atoms with Crippen LogP contribution in [0.15, 0.2) is 0 Å². The van der Waals surface area contributed by atoms with Crippen molar-refractivity contribution in [3.05, 3.63) is 0 Å². The van der Waals surface area contributed by atoms with E-state index in [1.165, 1.54) is 77.0 Å². The first-order chi connectivity index (χ1) is 15.6. The first-order valence-electron chi connectivity index (χ1n) is 13.9. The van der Waals surface area contributed by atoms with Gasteiger partial charge in [0.15, 0.2) is 0 Å². The van der Waals surface area contributed by atoms with Gasteiger partial charge >= 0.3 is 11.9 Å². The van der Waals surface area contributed by atoms with E-state index < -0.39 is 0 Å². The van der Waals surface area contributed by atoms with Crippen molar-refractivity contribution in [2.24, 2.45) is 17.8 Å². The number of carbonyl (C=O) groups excluding carboxylic acids is 2. The first-order valence-corrected chi connectivity index (χ1v) is 13.9. The quantitative estimate of drug-likeness (QED) is 0.147. The molecule has 4 nitrogen and oxygen atoms in total. The van der Waals surface area contributed by atoms with Gasteiger partial charge in [-0.15, -0.1) is 0 Å². The molecule has 0 spiro atoms. The smallest absolute Gasteiger partial charge is 0.309 e. The zero-order chi connectivity index (χ0) is 23.4. The van der Waals surface area contributed by atoms with Crippen molar-refractivity contribution in [2.45, 2.75) is 136 Å². The minimum atomic E-state index is -0.314. The molecule has 0 radical (unpaired) electrons. The lowest BCUT2D eigenvalue weighted by Gasteiger charge is -2.28. The summed E-state index contributed by atoms with van der Waals surface area (Å²) in [6, 6.07) is 0. The Hall–Kier alpha value is -1.06. The van der Waals surface area contributed by atoms with Crippen LogP contribution in [0.3, 0.4) is 0 Å². The van der Waals surface area contributed by atoms with Crippen LogP contribution in [0.25, 0.3) is 0 Å². The Morgan fingerprint density at radius 2 is 1.06 bits per heavy atom. The van der Waals surface area contributed by atoms with Gasteiger partial charge in [0.2, 0.25) is 0 Å². The Bertz CT molecular complexity index is 474. The minimum absolute atomic E-state index is 0.189. The molecule has 2 unspecified atom stereocenters. The molecule has 0 aromatic carbocycles. The van der Waals surface area contributed by atoms with Gasteiger partial charge in [0.05, 0.1) is 25.0 Å². The fourth-order valence-corrected chi connectivity index (χ4v) is 4.63. The average Bonchev–Trinajstić information content (AvgIpc) is 2.79. The summed E-state index contributed by atoms with van der Waals surface area (Å²) >= 11 is 0. The number of carbonyl (C=O) groups is 2. The van der Waals surface area contributed by atoms with Crippen LogP contribution in [-0.4, -0.2) is 25.2 Å². The number of unbranched alkanes of at least 4 members (excludes halogenated alkanes) is 13. The number of rotatable bonds is 19. The molecule has 0 heterocycles. The normalized spacial score (nSPS) is 18.6. The third-order valence-corrected chi connectivity index (χ3v) is 6.67. The van der Waals surface area contributed by atoms with Crippen LogP contribution in [0.5, 0.6) is 0 Å². The highest BCUT2D eigenvalue weighted by Gasteiger charge is 2.37. The Labute approximate surface area is 198 Å². The van der Waals surface area contributed by atoms with Crippen LogP contribution in [-0.2, 0) is 19.1 Å². The van der Waals surface area contributed by atoms with Gasteiger partial charge in [-0.25, -0.2) is 0 Å². The fraction of sp³-hybridized carbons (Fsp3) is 0.929. The summed E-state index contributed by atoms with van der Waals surface area (Å²) in [7, 11) is 0. The van der Waals surface area contributed by atoms with E-state index in [4.69, 9.17) is 9.47 Å². The van der Waals surface area contributed by atoms with Crippen molar-refractivity contribution in [2.75, 3.05) is 13.2 Å². The van der Waals surface area contributed by atoms with Crippen molar-refractivity contribution in [3.8, 4) is 0 Å². The van der Waals surface area contributed by atoms with Crippen molar-refractivity contribution >= 4 is 11.9 Å². The lowest BCUT2D eigenvalue weighted by Crippen LogP contribution is -2.35. The molecular weight excluding hydrogens is 400 g/mol. The first kappa shape index (κ1) is 29.0. The SMILES string of the molecule is CCCCCCCCCCCCCCCCOC(=O)C1CCCCC1C(=O)OCC(C)C. The molecule has 1 aliphatic carbocycles. The predicted octanol–water partition coefficient (Wildman–Crippen LogP) is 8.02. The van der Waals surface area contributed by atoms with E-state index >= 15 is 0 Å². The number of hydrogen-bond acceptors (Lipinski definition) is 4. The van der Waals surface area contributed by atoms with E-state index in [0.717, 1.165) is 38.5 Å². The second kappa shape index (κ2) is 19.4. The van der Waals surface area contributed by atoms with Crippen molar-refractivity contribution in [1.29, 1.82) is 0 Å². The molecule has 32 heavy (non-hydrogen) atoms. The Kier molecular flexibility index (Phi) is 17.6. The zero-order valence-electron chi connectivity index (χ0n) is 21.5. The maximum Gasteiger partial charge on any atom is 0.309 e. The van der Waals surface area contributed by atoms with E-state index in [1.54, 1.807) is 0 Å².